The van der Waals surface area contributed by atoms with Gasteiger partial charge >= 0.3 is 17.9 Å². The lowest BCUT2D eigenvalue weighted by Crippen LogP contribution is -2.30. The Morgan fingerprint density at radius 1 is 0.266 bits per heavy atom. The van der Waals surface area contributed by atoms with Crippen LogP contribution in [0, 0.1) is 0 Å². The van der Waals surface area contributed by atoms with Crippen molar-refractivity contribution in [1.29, 1.82) is 0 Å². The summed E-state index contributed by atoms with van der Waals surface area (Å²) in [5, 5.41) is 0. The van der Waals surface area contributed by atoms with Gasteiger partial charge in [0.05, 0.1) is 0 Å². The summed E-state index contributed by atoms with van der Waals surface area (Å²) in [6.07, 6.45) is 92.0. The number of esters is 3. The number of hydrogen-bond acceptors (Lipinski definition) is 6. The maximum atomic E-state index is 12.9. The predicted molar refractivity (Wildman–Crippen MR) is 343 cm³/mol. The number of rotatable bonds is 59. The van der Waals surface area contributed by atoms with Crippen molar-refractivity contribution in [3.05, 3.63) is 122 Å². The molecule has 0 saturated heterocycles. The Morgan fingerprint density at radius 3 is 0.835 bits per heavy atom. The lowest BCUT2D eigenvalue weighted by Gasteiger charge is -2.18. The number of allylic oxidation sites excluding steroid dienone is 20. The Balaban J connectivity index is 4.50. The van der Waals surface area contributed by atoms with E-state index < -0.39 is 6.10 Å². The summed E-state index contributed by atoms with van der Waals surface area (Å²) in [4.78, 5) is 38.4. The Morgan fingerprint density at radius 2 is 0.506 bits per heavy atom. The highest BCUT2D eigenvalue weighted by Crippen LogP contribution is 2.15. The van der Waals surface area contributed by atoms with Gasteiger partial charge in [0, 0.05) is 19.3 Å². The van der Waals surface area contributed by atoms with Crippen molar-refractivity contribution in [3.63, 3.8) is 0 Å². The van der Waals surface area contributed by atoms with Gasteiger partial charge < -0.3 is 14.2 Å². The van der Waals surface area contributed by atoms with Crippen LogP contribution >= 0.6 is 0 Å². The first-order valence-electron chi connectivity index (χ1n) is 33.0. The summed E-state index contributed by atoms with van der Waals surface area (Å²) in [6, 6.07) is 0. The molecule has 1 unspecified atom stereocenters. The molecule has 1 atom stereocenters. The van der Waals surface area contributed by atoms with Crippen LogP contribution in [0.3, 0.4) is 0 Å². The molecule has 0 radical (unpaired) electrons. The van der Waals surface area contributed by atoms with Gasteiger partial charge in [-0.3, -0.25) is 14.4 Å². The van der Waals surface area contributed by atoms with Crippen molar-refractivity contribution in [2.45, 2.75) is 309 Å². The first-order chi connectivity index (χ1) is 39.0. The van der Waals surface area contributed by atoms with E-state index in [2.05, 4.69) is 142 Å². The molecule has 0 amide bonds. The van der Waals surface area contributed by atoms with Crippen molar-refractivity contribution in [2.75, 3.05) is 13.2 Å². The Bertz CT molecular complexity index is 1640. The van der Waals surface area contributed by atoms with Crippen LogP contribution in [0.1, 0.15) is 303 Å². The molecular formula is C73H122O6. The van der Waals surface area contributed by atoms with Crippen LogP contribution in [-0.2, 0) is 28.6 Å². The third-order valence-electron chi connectivity index (χ3n) is 13.9. The average Bonchev–Trinajstić information content (AvgIpc) is 3.45. The Kier molecular flexibility index (Phi) is 62.8. The van der Waals surface area contributed by atoms with Crippen LogP contribution in [0.15, 0.2) is 122 Å². The summed E-state index contributed by atoms with van der Waals surface area (Å²) < 4.78 is 16.9. The molecule has 0 aromatic carbocycles. The van der Waals surface area contributed by atoms with Crippen molar-refractivity contribution in [2.24, 2.45) is 0 Å². The largest absolute Gasteiger partial charge is 0.462 e. The highest BCUT2D eigenvalue weighted by Gasteiger charge is 2.19. The monoisotopic (exact) mass is 1090 g/mol. The zero-order valence-electron chi connectivity index (χ0n) is 51.6. The van der Waals surface area contributed by atoms with Gasteiger partial charge in [0.15, 0.2) is 6.10 Å². The molecule has 0 bridgehead atoms. The Hall–Kier alpha value is -4.19. The van der Waals surface area contributed by atoms with E-state index in [1.165, 1.54) is 161 Å². The van der Waals surface area contributed by atoms with Gasteiger partial charge in [0.1, 0.15) is 13.2 Å². The third kappa shape index (κ3) is 64.5. The molecule has 0 aromatic rings. The summed E-state index contributed by atoms with van der Waals surface area (Å²) in [7, 11) is 0. The quantitative estimate of drug-likeness (QED) is 0.0261. The molecule has 0 fully saturated rings. The molecule has 0 N–H and O–H groups in total. The number of carbonyl (C=O) groups excluding carboxylic acids is 3. The van der Waals surface area contributed by atoms with Crippen LogP contribution in [0.5, 0.6) is 0 Å². The van der Waals surface area contributed by atoms with Gasteiger partial charge in [-0.15, -0.1) is 0 Å². The summed E-state index contributed by atoms with van der Waals surface area (Å²) >= 11 is 0. The average molecular weight is 1100 g/mol. The van der Waals surface area contributed by atoms with Gasteiger partial charge in [-0.1, -0.05) is 277 Å². The van der Waals surface area contributed by atoms with Gasteiger partial charge in [-0.05, 0) is 128 Å². The summed E-state index contributed by atoms with van der Waals surface area (Å²) in [5.74, 6) is -0.965. The van der Waals surface area contributed by atoms with Crippen LogP contribution < -0.4 is 0 Å². The number of unbranched alkanes of at least 4 members (excludes halogenated alkanes) is 28. The maximum Gasteiger partial charge on any atom is 0.306 e. The molecule has 0 saturated carbocycles. The molecule has 6 nitrogen and oxygen atoms in total. The van der Waals surface area contributed by atoms with E-state index in [4.69, 9.17) is 14.2 Å². The second-order valence-corrected chi connectivity index (χ2v) is 21.6. The van der Waals surface area contributed by atoms with Crippen LogP contribution in [0.2, 0.25) is 0 Å². The molecule has 0 aliphatic rings. The summed E-state index contributed by atoms with van der Waals surface area (Å²) in [6.45, 7) is 6.48. The van der Waals surface area contributed by atoms with E-state index in [-0.39, 0.29) is 37.5 Å². The Labute approximate surface area is 488 Å². The lowest BCUT2D eigenvalue weighted by molar-refractivity contribution is -0.167. The highest BCUT2D eigenvalue weighted by molar-refractivity contribution is 5.71. The van der Waals surface area contributed by atoms with E-state index in [0.29, 0.717) is 19.3 Å². The highest BCUT2D eigenvalue weighted by atomic mass is 16.6. The fourth-order valence-electron chi connectivity index (χ4n) is 8.99. The van der Waals surface area contributed by atoms with Crippen LogP contribution in [0.25, 0.3) is 0 Å². The van der Waals surface area contributed by atoms with Gasteiger partial charge in [-0.25, -0.2) is 0 Å². The zero-order valence-corrected chi connectivity index (χ0v) is 51.6. The minimum absolute atomic E-state index is 0.102. The fraction of sp³-hybridized carbons (Fsp3) is 0.685. The molecule has 0 rings (SSSR count). The third-order valence-corrected chi connectivity index (χ3v) is 13.9. The molecule has 0 aliphatic carbocycles. The minimum atomic E-state index is -0.811. The zero-order chi connectivity index (χ0) is 57.1. The lowest BCUT2D eigenvalue weighted by atomic mass is 10.1. The van der Waals surface area contributed by atoms with Gasteiger partial charge in [0.2, 0.25) is 0 Å². The van der Waals surface area contributed by atoms with Crippen molar-refractivity contribution in [1.82, 2.24) is 0 Å². The van der Waals surface area contributed by atoms with E-state index >= 15 is 0 Å². The smallest absolute Gasteiger partial charge is 0.306 e. The topological polar surface area (TPSA) is 78.9 Å². The SMILES string of the molecule is CC/C=C\C/C=C\C/C=C\C/C=C\C/C=C\C/C=C\C/C=C\CCCC(=O)OCC(COC(=O)CCCCCCCCC/C=C\CCCCCCCC)OC(=O)CCCCCCCCCCC/C=C\C/C=C\CCCCCCC. The van der Waals surface area contributed by atoms with E-state index in [1.807, 2.05) is 0 Å². The van der Waals surface area contributed by atoms with Gasteiger partial charge in [-0.2, -0.15) is 0 Å². The molecule has 79 heavy (non-hydrogen) atoms. The predicted octanol–water partition coefficient (Wildman–Crippen LogP) is 22.8. The van der Waals surface area contributed by atoms with E-state index in [1.54, 1.807) is 0 Å². The van der Waals surface area contributed by atoms with Crippen LogP contribution in [0.4, 0.5) is 0 Å². The fourth-order valence-corrected chi connectivity index (χ4v) is 8.99. The first kappa shape index (κ1) is 74.8. The van der Waals surface area contributed by atoms with Crippen molar-refractivity contribution >= 4 is 17.9 Å². The molecule has 0 spiro atoms. The molecule has 0 aliphatic heterocycles. The normalized spacial score (nSPS) is 12.9. The van der Waals surface area contributed by atoms with E-state index in [9.17, 15) is 14.4 Å². The number of ether oxygens (including phenoxy) is 3. The minimum Gasteiger partial charge on any atom is -0.462 e. The standard InChI is InChI=1S/C73H122O6/c1-4-7-10-13-16-19-22-25-28-31-33-35-36-38-39-42-45-48-51-54-57-60-63-66-72(75)78-69-70(68-77-71(74)65-62-59-56-53-50-47-44-41-30-27-24-21-18-15-12-9-6-3)79-73(76)67-64-61-58-55-52-49-46-43-40-37-34-32-29-26-23-20-17-14-11-8-5-2/h7,10,16,19,23,25-28,30,32-35,38-39,45,48,54,57,70H,4-6,8-9,11-15,17-18,20-22,24,29,31,36-37,40-44,46-47,49-53,55-56,58-69H2,1-3H3/b10-7-,19-16-,26-23-,28-25-,30-27-,34-32-,35-33-,39-38-,48-45-,57-54-. The number of hydrogen-bond donors (Lipinski definition) is 0. The van der Waals surface area contributed by atoms with E-state index in [0.717, 1.165) is 96.3 Å². The molecule has 6 heteroatoms. The molecule has 450 valence electrons. The molecular weight excluding hydrogens is 973 g/mol. The summed E-state index contributed by atoms with van der Waals surface area (Å²) in [5.41, 5.74) is 0. The molecule has 0 aromatic heterocycles. The van der Waals surface area contributed by atoms with Crippen molar-refractivity contribution in [3.8, 4) is 0 Å². The van der Waals surface area contributed by atoms with Crippen LogP contribution in [-0.4, -0.2) is 37.2 Å². The number of carbonyl (C=O) groups is 3. The maximum absolute atomic E-state index is 12.9. The second kappa shape index (κ2) is 66.3. The second-order valence-electron chi connectivity index (χ2n) is 21.6. The van der Waals surface area contributed by atoms with Gasteiger partial charge in [0.25, 0.3) is 0 Å². The van der Waals surface area contributed by atoms with Crippen molar-refractivity contribution < 1.29 is 28.6 Å². The molecule has 0 heterocycles. The first-order valence-corrected chi connectivity index (χ1v) is 33.0.